The standard InChI is InChI=1S/C12H20N2O3/c1-2-14(10-6-4-3-5-7-10)11(15)8-13-9-12(16)17/h6,13H,2-5,7-9H2,1H3,(H,16,17). The summed E-state index contributed by atoms with van der Waals surface area (Å²) in [6, 6.07) is 0. The summed E-state index contributed by atoms with van der Waals surface area (Å²) in [7, 11) is 0. The first kappa shape index (κ1) is 13.7. The van der Waals surface area contributed by atoms with Gasteiger partial charge >= 0.3 is 5.97 Å². The maximum absolute atomic E-state index is 11.9. The van der Waals surface area contributed by atoms with Crippen molar-refractivity contribution < 1.29 is 14.7 Å². The van der Waals surface area contributed by atoms with Gasteiger partial charge in [-0.1, -0.05) is 6.08 Å². The summed E-state index contributed by atoms with van der Waals surface area (Å²) < 4.78 is 0. The molecule has 0 saturated carbocycles. The molecule has 17 heavy (non-hydrogen) atoms. The van der Waals surface area contributed by atoms with Crippen molar-refractivity contribution in [1.82, 2.24) is 10.2 Å². The molecule has 0 aromatic rings. The van der Waals surface area contributed by atoms with Crippen molar-refractivity contribution >= 4 is 11.9 Å². The van der Waals surface area contributed by atoms with E-state index in [1.54, 1.807) is 4.90 Å². The molecule has 0 fully saturated rings. The fourth-order valence-corrected chi connectivity index (χ4v) is 1.98. The Morgan fingerprint density at radius 2 is 2.18 bits per heavy atom. The van der Waals surface area contributed by atoms with Crippen molar-refractivity contribution in [1.29, 1.82) is 0 Å². The van der Waals surface area contributed by atoms with E-state index in [2.05, 4.69) is 11.4 Å². The third kappa shape index (κ3) is 4.56. The van der Waals surface area contributed by atoms with Crippen LogP contribution in [-0.2, 0) is 9.59 Å². The second kappa shape index (κ2) is 7.06. The molecule has 1 rings (SSSR count). The third-order valence-electron chi connectivity index (χ3n) is 2.78. The zero-order valence-electron chi connectivity index (χ0n) is 10.2. The Labute approximate surface area is 101 Å². The first-order chi connectivity index (χ1) is 8.15. The lowest BCUT2D eigenvalue weighted by atomic mass is 10.0. The summed E-state index contributed by atoms with van der Waals surface area (Å²) in [6.45, 7) is 2.48. The summed E-state index contributed by atoms with van der Waals surface area (Å²) in [5.74, 6) is -1.00. The number of nitrogens with one attached hydrogen (secondary N) is 1. The van der Waals surface area contributed by atoms with Crippen molar-refractivity contribution in [2.24, 2.45) is 0 Å². The number of carbonyl (C=O) groups is 2. The molecule has 5 nitrogen and oxygen atoms in total. The lowest BCUT2D eigenvalue weighted by molar-refractivity contribution is -0.136. The van der Waals surface area contributed by atoms with Crippen molar-refractivity contribution in [3.8, 4) is 0 Å². The largest absolute Gasteiger partial charge is 0.480 e. The molecule has 0 bridgehead atoms. The number of hydrogen-bond donors (Lipinski definition) is 2. The number of carboxylic acid groups (broad SMARTS) is 1. The highest BCUT2D eigenvalue weighted by atomic mass is 16.4. The SMILES string of the molecule is CCN(C(=O)CNCC(=O)O)C1=CCCCC1. The van der Waals surface area contributed by atoms with E-state index in [0.29, 0.717) is 6.54 Å². The normalized spacial score (nSPS) is 15.2. The number of hydrogen-bond acceptors (Lipinski definition) is 3. The highest BCUT2D eigenvalue weighted by molar-refractivity contribution is 5.80. The molecule has 0 unspecified atom stereocenters. The molecule has 0 aromatic heterocycles. The van der Waals surface area contributed by atoms with E-state index < -0.39 is 5.97 Å². The van der Waals surface area contributed by atoms with Gasteiger partial charge < -0.3 is 10.0 Å². The van der Waals surface area contributed by atoms with Crippen LogP contribution in [0.25, 0.3) is 0 Å². The van der Waals surface area contributed by atoms with E-state index in [-0.39, 0.29) is 19.0 Å². The quantitative estimate of drug-likeness (QED) is 0.725. The molecule has 96 valence electrons. The number of rotatable bonds is 6. The Morgan fingerprint density at radius 3 is 2.71 bits per heavy atom. The van der Waals surface area contributed by atoms with Crippen LogP contribution in [-0.4, -0.2) is 41.5 Å². The molecule has 2 N–H and O–H groups in total. The minimum atomic E-state index is -0.947. The van der Waals surface area contributed by atoms with Crippen molar-refractivity contribution in [3.63, 3.8) is 0 Å². The van der Waals surface area contributed by atoms with Gasteiger partial charge in [0, 0.05) is 12.2 Å². The van der Waals surface area contributed by atoms with E-state index in [1.165, 1.54) is 6.42 Å². The topological polar surface area (TPSA) is 69.6 Å². The van der Waals surface area contributed by atoms with Crippen LogP contribution in [0.1, 0.15) is 32.6 Å². The van der Waals surface area contributed by atoms with Crippen LogP contribution >= 0.6 is 0 Å². The third-order valence-corrected chi connectivity index (χ3v) is 2.78. The molecule has 0 spiro atoms. The van der Waals surface area contributed by atoms with Gasteiger partial charge in [-0.2, -0.15) is 0 Å². The number of carbonyl (C=O) groups excluding carboxylic acids is 1. The average Bonchev–Trinajstić information content (AvgIpc) is 2.31. The molecule has 0 heterocycles. The van der Waals surface area contributed by atoms with Crippen LogP contribution in [0.5, 0.6) is 0 Å². The van der Waals surface area contributed by atoms with E-state index in [1.807, 2.05) is 6.92 Å². The second-order valence-corrected chi connectivity index (χ2v) is 4.08. The average molecular weight is 240 g/mol. The fraction of sp³-hybridized carbons (Fsp3) is 0.667. The monoisotopic (exact) mass is 240 g/mol. The van der Waals surface area contributed by atoms with Crippen LogP contribution in [0.3, 0.4) is 0 Å². The van der Waals surface area contributed by atoms with Crippen LogP contribution in [0.15, 0.2) is 11.8 Å². The molecule has 0 radical (unpaired) electrons. The van der Waals surface area contributed by atoms with Gasteiger partial charge in [0.1, 0.15) is 0 Å². The minimum Gasteiger partial charge on any atom is -0.480 e. The fourth-order valence-electron chi connectivity index (χ4n) is 1.98. The van der Waals surface area contributed by atoms with Gasteiger partial charge in [0.25, 0.3) is 0 Å². The highest BCUT2D eigenvalue weighted by Gasteiger charge is 2.17. The number of amides is 1. The molecule has 0 aromatic carbocycles. The predicted octanol–water partition coefficient (Wildman–Crippen LogP) is 0.967. The Hall–Kier alpha value is -1.36. The molecule has 1 aliphatic carbocycles. The van der Waals surface area contributed by atoms with Crippen LogP contribution in [0, 0.1) is 0 Å². The lowest BCUT2D eigenvalue weighted by Crippen LogP contribution is -2.39. The van der Waals surface area contributed by atoms with E-state index in [9.17, 15) is 9.59 Å². The Kier molecular flexibility index (Phi) is 5.69. The number of carboxylic acids is 1. The second-order valence-electron chi connectivity index (χ2n) is 4.08. The van der Waals surface area contributed by atoms with Gasteiger partial charge in [0.2, 0.25) is 5.91 Å². The summed E-state index contributed by atoms with van der Waals surface area (Å²) in [4.78, 5) is 24.0. The van der Waals surface area contributed by atoms with E-state index in [4.69, 9.17) is 5.11 Å². The van der Waals surface area contributed by atoms with Crippen LogP contribution in [0.2, 0.25) is 0 Å². The van der Waals surface area contributed by atoms with Gasteiger partial charge in [-0.3, -0.25) is 14.9 Å². The van der Waals surface area contributed by atoms with Gasteiger partial charge in [-0.15, -0.1) is 0 Å². The highest BCUT2D eigenvalue weighted by Crippen LogP contribution is 2.20. The molecule has 0 aliphatic heterocycles. The van der Waals surface area contributed by atoms with Crippen molar-refractivity contribution in [2.75, 3.05) is 19.6 Å². The summed E-state index contributed by atoms with van der Waals surface area (Å²) in [5.41, 5.74) is 1.08. The Morgan fingerprint density at radius 1 is 1.41 bits per heavy atom. The summed E-state index contributed by atoms with van der Waals surface area (Å²) in [6.07, 6.45) is 6.40. The molecule has 0 saturated heterocycles. The first-order valence-corrected chi connectivity index (χ1v) is 6.07. The maximum atomic E-state index is 11.9. The molecular weight excluding hydrogens is 220 g/mol. The first-order valence-electron chi connectivity index (χ1n) is 6.07. The van der Waals surface area contributed by atoms with Crippen LogP contribution < -0.4 is 5.32 Å². The summed E-state index contributed by atoms with van der Waals surface area (Å²) >= 11 is 0. The van der Waals surface area contributed by atoms with Gasteiger partial charge in [0.15, 0.2) is 0 Å². The maximum Gasteiger partial charge on any atom is 0.317 e. The van der Waals surface area contributed by atoms with Crippen molar-refractivity contribution in [2.45, 2.75) is 32.6 Å². The lowest BCUT2D eigenvalue weighted by Gasteiger charge is -2.26. The Bertz CT molecular complexity index is 313. The Balaban J connectivity index is 2.46. The molecule has 5 heteroatoms. The molecular formula is C12H20N2O3. The zero-order valence-corrected chi connectivity index (χ0v) is 10.2. The number of nitrogens with zero attached hydrogens (tertiary/aromatic N) is 1. The molecule has 0 atom stereocenters. The number of allylic oxidation sites excluding steroid dienone is 2. The van der Waals surface area contributed by atoms with Gasteiger partial charge in [-0.05, 0) is 32.6 Å². The number of likely N-dealkylation sites (N-methyl/N-ethyl adjacent to an activating group) is 1. The zero-order chi connectivity index (χ0) is 12.7. The minimum absolute atomic E-state index is 0.0538. The van der Waals surface area contributed by atoms with Crippen LogP contribution in [0.4, 0.5) is 0 Å². The van der Waals surface area contributed by atoms with E-state index >= 15 is 0 Å². The van der Waals surface area contributed by atoms with Gasteiger partial charge in [0.05, 0.1) is 13.1 Å². The van der Waals surface area contributed by atoms with Crippen molar-refractivity contribution in [3.05, 3.63) is 11.8 Å². The molecule has 1 amide bonds. The number of aliphatic carboxylic acids is 1. The summed E-state index contributed by atoms with van der Waals surface area (Å²) in [5, 5.41) is 11.1. The van der Waals surface area contributed by atoms with Gasteiger partial charge in [-0.25, -0.2) is 0 Å². The predicted molar refractivity (Wildman–Crippen MR) is 64.4 cm³/mol. The molecule has 1 aliphatic rings. The smallest absolute Gasteiger partial charge is 0.317 e. The van der Waals surface area contributed by atoms with E-state index in [0.717, 1.165) is 25.0 Å².